The largest absolute Gasteiger partial charge is 0.494 e. The molecule has 3 aromatic carbocycles. The van der Waals surface area contributed by atoms with Crippen LogP contribution in [0.15, 0.2) is 72.8 Å². The first kappa shape index (κ1) is 26.5. The zero-order valence-electron chi connectivity index (χ0n) is 20.9. The number of benzene rings is 3. The van der Waals surface area contributed by atoms with Crippen molar-refractivity contribution in [3.63, 3.8) is 0 Å². The van der Waals surface area contributed by atoms with Crippen molar-refractivity contribution >= 4 is 17.8 Å². The normalized spacial score (nSPS) is 11.9. The third-order valence-electron chi connectivity index (χ3n) is 5.59. The van der Waals surface area contributed by atoms with Gasteiger partial charge in [-0.3, -0.25) is 4.79 Å². The van der Waals surface area contributed by atoms with Gasteiger partial charge in [0.15, 0.2) is 0 Å². The molecule has 7 nitrogen and oxygen atoms in total. The average Bonchev–Trinajstić information content (AvgIpc) is 2.85. The molecule has 3 rings (SSSR count). The average molecular weight is 490 g/mol. The molecule has 0 heterocycles. The molecule has 0 saturated carbocycles. The Labute approximate surface area is 211 Å². The summed E-state index contributed by atoms with van der Waals surface area (Å²) in [6, 6.07) is 19.2. The zero-order valence-corrected chi connectivity index (χ0v) is 20.9. The van der Waals surface area contributed by atoms with Crippen LogP contribution in [-0.4, -0.2) is 35.6 Å². The predicted molar refractivity (Wildman–Crippen MR) is 137 cm³/mol. The molecule has 0 radical (unpaired) electrons. The maximum Gasteiger partial charge on any atom is 0.343 e. The molecule has 188 valence electrons. The fraction of sp³-hybridized carbons (Fsp3) is 0.276. The zero-order chi connectivity index (χ0) is 26.3. The monoisotopic (exact) mass is 489 g/mol. The van der Waals surface area contributed by atoms with Crippen LogP contribution in [0.2, 0.25) is 0 Å². The van der Waals surface area contributed by atoms with Crippen molar-refractivity contribution in [1.29, 1.82) is 0 Å². The minimum Gasteiger partial charge on any atom is -0.494 e. The molecule has 1 amide bonds. The first-order valence-electron chi connectivity index (χ1n) is 11.7. The number of esters is 1. The third kappa shape index (κ3) is 7.18. The van der Waals surface area contributed by atoms with Gasteiger partial charge in [-0.15, -0.1) is 0 Å². The van der Waals surface area contributed by atoms with Crippen LogP contribution in [0.25, 0.3) is 0 Å². The van der Waals surface area contributed by atoms with E-state index in [1.165, 1.54) is 0 Å². The van der Waals surface area contributed by atoms with Crippen LogP contribution in [0.4, 0.5) is 0 Å². The lowest BCUT2D eigenvalue weighted by atomic mass is 9.86. The number of amides is 1. The molecular weight excluding hydrogens is 458 g/mol. The summed E-state index contributed by atoms with van der Waals surface area (Å²) in [6.07, 6.45) is 0.0776. The Morgan fingerprint density at radius 2 is 1.39 bits per heavy atom. The van der Waals surface area contributed by atoms with Crippen molar-refractivity contribution in [3.05, 3.63) is 95.1 Å². The number of hydrogen-bond donors (Lipinski definition) is 2. The SMILES string of the molecule is CCOc1ccc(C(=O)Oc2ccc(CC(NC(=O)c3ccc(C(C)(C)C)cc3)C(=O)O)cc2)cc1. The van der Waals surface area contributed by atoms with Gasteiger partial charge in [0.05, 0.1) is 12.2 Å². The quantitative estimate of drug-likeness (QED) is 0.323. The van der Waals surface area contributed by atoms with E-state index in [1.807, 2.05) is 19.1 Å². The van der Waals surface area contributed by atoms with Gasteiger partial charge in [-0.25, -0.2) is 9.59 Å². The minimum atomic E-state index is -1.14. The van der Waals surface area contributed by atoms with Gasteiger partial charge >= 0.3 is 11.9 Å². The number of carboxylic acids is 1. The van der Waals surface area contributed by atoms with Crippen LogP contribution in [0.5, 0.6) is 11.5 Å². The molecule has 0 fully saturated rings. The fourth-order valence-electron chi connectivity index (χ4n) is 3.51. The van der Waals surface area contributed by atoms with Crippen LogP contribution >= 0.6 is 0 Å². The smallest absolute Gasteiger partial charge is 0.343 e. The van der Waals surface area contributed by atoms with E-state index in [0.717, 1.165) is 5.56 Å². The van der Waals surface area contributed by atoms with E-state index in [2.05, 4.69) is 26.1 Å². The van der Waals surface area contributed by atoms with Gasteiger partial charge in [0.1, 0.15) is 17.5 Å². The maximum absolute atomic E-state index is 12.6. The molecular formula is C29H31NO6. The van der Waals surface area contributed by atoms with E-state index in [9.17, 15) is 19.5 Å². The standard InChI is InChI=1S/C29H31NO6/c1-5-35-23-16-10-21(11-17-23)28(34)36-24-14-6-19(7-15-24)18-25(27(32)33)30-26(31)20-8-12-22(13-9-20)29(2,3)4/h6-17,25H,5,18H2,1-4H3,(H,30,31)(H,32,33). The Bertz CT molecular complexity index is 1190. The lowest BCUT2D eigenvalue weighted by molar-refractivity contribution is -0.139. The first-order valence-corrected chi connectivity index (χ1v) is 11.7. The van der Waals surface area contributed by atoms with Gasteiger partial charge in [-0.05, 0) is 72.0 Å². The summed E-state index contributed by atoms with van der Waals surface area (Å²) in [5.41, 5.74) is 2.48. The molecule has 0 aliphatic heterocycles. The molecule has 1 unspecified atom stereocenters. The molecule has 0 bridgehead atoms. The molecule has 1 atom stereocenters. The third-order valence-corrected chi connectivity index (χ3v) is 5.59. The number of rotatable bonds is 9. The summed E-state index contributed by atoms with van der Waals surface area (Å²) in [6.45, 7) is 8.65. The van der Waals surface area contributed by atoms with Gasteiger partial charge in [-0.2, -0.15) is 0 Å². The summed E-state index contributed by atoms with van der Waals surface area (Å²) in [7, 11) is 0. The molecule has 0 saturated heterocycles. The summed E-state index contributed by atoms with van der Waals surface area (Å²) in [4.78, 5) is 36.8. The van der Waals surface area contributed by atoms with Gasteiger partial charge in [0.25, 0.3) is 5.91 Å². The van der Waals surface area contributed by atoms with E-state index in [1.54, 1.807) is 60.7 Å². The van der Waals surface area contributed by atoms with Gasteiger partial charge in [0.2, 0.25) is 0 Å². The highest BCUT2D eigenvalue weighted by Crippen LogP contribution is 2.22. The Morgan fingerprint density at radius 3 is 1.92 bits per heavy atom. The second kappa shape index (κ2) is 11.5. The minimum absolute atomic E-state index is 0.0483. The van der Waals surface area contributed by atoms with Gasteiger partial charge in [0, 0.05) is 12.0 Å². The molecule has 3 aromatic rings. The Morgan fingerprint density at radius 1 is 0.833 bits per heavy atom. The molecule has 36 heavy (non-hydrogen) atoms. The number of hydrogen-bond acceptors (Lipinski definition) is 5. The van der Waals surface area contributed by atoms with Crippen molar-refractivity contribution in [1.82, 2.24) is 5.32 Å². The van der Waals surface area contributed by atoms with Crippen molar-refractivity contribution in [2.75, 3.05) is 6.61 Å². The van der Waals surface area contributed by atoms with Crippen molar-refractivity contribution < 1.29 is 29.0 Å². The highest BCUT2D eigenvalue weighted by molar-refractivity contribution is 5.96. The van der Waals surface area contributed by atoms with Crippen molar-refractivity contribution in [3.8, 4) is 11.5 Å². The number of ether oxygens (including phenoxy) is 2. The van der Waals surface area contributed by atoms with E-state index < -0.39 is 23.9 Å². The Balaban J connectivity index is 1.61. The summed E-state index contributed by atoms with van der Waals surface area (Å²) < 4.78 is 10.8. The number of aliphatic carboxylic acids is 1. The van der Waals surface area contributed by atoms with Crippen LogP contribution in [0.1, 0.15) is 59.5 Å². The summed E-state index contributed by atoms with van der Waals surface area (Å²) in [5, 5.41) is 12.2. The molecule has 0 spiro atoms. The van der Waals surface area contributed by atoms with Crippen LogP contribution in [-0.2, 0) is 16.6 Å². The molecule has 7 heteroatoms. The van der Waals surface area contributed by atoms with Crippen molar-refractivity contribution in [2.24, 2.45) is 0 Å². The van der Waals surface area contributed by atoms with E-state index in [4.69, 9.17) is 9.47 Å². The van der Waals surface area contributed by atoms with Gasteiger partial charge < -0.3 is 19.9 Å². The first-order chi connectivity index (χ1) is 17.1. The number of carbonyl (C=O) groups excluding carboxylic acids is 2. The van der Waals surface area contributed by atoms with Crippen molar-refractivity contribution in [2.45, 2.75) is 45.6 Å². The van der Waals surface area contributed by atoms with E-state index in [-0.39, 0.29) is 11.8 Å². The highest BCUT2D eigenvalue weighted by atomic mass is 16.5. The summed E-state index contributed by atoms with van der Waals surface area (Å²) >= 11 is 0. The number of carbonyl (C=O) groups is 3. The Hall–Kier alpha value is -4.13. The molecule has 0 aromatic heterocycles. The highest BCUT2D eigenvalue weighted by Gasteiger charge is 2.22. The van der Waals surface area contributed by atoms with E-state index in [0.29, 0.717) is 34.8 Å². The van der Waals surface area contributed by atoms with E-state index >= 15 is 0 Å². The maximum atomic E-state index is 12.6. The number of nitrogens with one attached hydrogen (secondary N) is 1. The Kier molecular flexibility index (Phi) is 8.48. The van der Waals surface area contributed by atoms with Crippen LogP contribution < -0.4 is 14.8 Å². The van der Waals surface area contributed by atoms with Crippen LogP contribution in [0, 0.1) is 0 Å². The second-order valence-electron chi connectivity index (χ2n) is 9.39. The lowest BCUT2D eigenvalue weighted by Crippen LogP contribution is -2.42. The molecule has 2 N–H and O–H groups in total. The summed E-state index contributed by atoms with van der Waals surface area (Å²) in [5.74, 6) is -1.11. The topological polar surface area (TPSA) is 102 Å². The van der Waals surface area contributed by atoms with Crippen LogP contribution in [0.3, 0.4) is 0 Å². The second-order valence-corrected chi connectivity index (χ2v) is 9.39. The van der Waals surface area contributed by atoms with Gasteiger partial charge in [-0.1, -0.05) is 45.0 Å². The molecule has 0 aliphatic carbocycles. The predicted octanol–water partition coefficient (Wildman–Crippen LogP) is 5.03. The number of carboxylic acid groups (broad SMARTS) is 1. The molecule has 0 aliphatic rings. The lowest BCUT2D eigenvalue weighted by Gasteiger charge is -2.19. The fourth-order valence-corrected chi connectivity index (χ4v) is 3.51.